The van der Waals surface area contributed by atoms with Crippen molar-refractivity contribution in [3.63, 3.8) is 0 Å². The van der Waals surface area contributed by atoms with Crippen LogP contribution in [-0.2, 0) is 9.84 Å². The van der Waals surface area contributed by atoms with Gasteiger partial charge in [-0.25, -0.2) is 12.8 Å². The van der Waals surface area contributed by atoms with E-state index >= 15 is 0 Å². The lowest BCUT2D eigenvalue weighted by atomic mass is 10.2. The number of halogens is 2. The predicted molar refractivity (Wildman–Crippen MR) is 49.3 cm³/mol. The van der Waals surface area contributed by atoms with E-state index in [0.717, 1.165) is 6.26 Å². The molecule has 0 unspecified atom stereocenters. The number of sulfone groups is 1. The van der Waals surface area contributed by atoms with E-state index in [4.69, 9.17) is 11.6 Å². The number of rotatable bonds is 1. The molecule has 0 radical (unpaired) electrons. The quantitative estimate of drug-likeness (QED) is 0.730. The molecule has 0 aliphatic carbocycles. The molecule has 1 aromatic carbocycles. The molecule has 0 aromatic heterocycles. The topological polar surface area (TPSA) is 34.1 Å². The maximum absolute atomic E-state index is 13.3. The number of aryl methyl sites for hydroxylation is 1. The van der Waals surface area contributed by atoms with Crippen LogP contribution in [0.2, 0.25) is 5.02 Å². The van der Waals surface area contributed by atoms with Gasteiger partial charge in [0.1, 0.15) is 10.7 Å². The summed E-state index contributed by atoms with van der Waals surface area (Å²) in [6.45, 7) is 1.49. The molecule has 0 spiro atoms. The maximum atomic E-state index is 13.3. The monoisotopic (exact) mass is 222 g/mol. The van der Waals surface area contributed by atoms with Crippen molar-refractivity contribution in [3.05, 3.63) is 28.5 Å². The summed E-state index contributed by atoms with van der Waals surface area (Å²) in [5, 5.41) is -0.0781. The molecule has 0 saturated heterocycles. The van der Waals surface area contributed by atoms with E-state index in [1.807, 2.05) is 0 Å². The highest BCUT2D eigenvalue weighted by Gasteiger charge is 2.19. The number of hydrogen-bond donors (Lipinski definition) is 0. The summed E-state index contributed by atoms with van der Waals surface area (Å²) in [7, 11) is -3.59. The Morgan fingerprint density at radius 2 is 1.92 bits per heavy atom. The second-order valence-electron chi connectivity index (χ2n) is 2.78. The Balaban J connectivity index is 3.62. The van der Waals surface area contributed by atoms with E-state index in [0.29, 0.717) is 0 Å². The maximum Gasteiger partial charge on any atom is 0.179 e. The van der Waals surface area contributed by atoms with Gasteiger partial charge in [-0.05, 0) is 18.6 Å². The first-order valence-electron chi connectivity index (χ1n) is 3.48. The van der Waals surface area contributed by atoms with Crippen LogP contribution in [0.15, 0.2) is 17.0 Å². The second kappa shape index (κ2) is 3.27. The zero-order valence-electron chi connectivity index (χ0n) is 7.14. The van der Waals surface area contributed by atoms with Crippen LogP contribution < -0.4 is 0 Å². The van der Waals surface area contributed by atoms with Crippen molar-refractivity contribution in [2.45, 2.75) is 11.8 Å². The van der Waals surface area contributed by atoms with Gasteiger partial charge in [-0.1, -0.05) is 17.7 Å². The minimum absolute atomic E-state index is 0.0781. The van der Waals surface area contributed by atoms with Gasteiger partial charge in [-0.2, -0.15) is 0 Å². The average Bonchev–Trinajstić information content (AvgIpc) is 1.95. The number of benzene rings is 1. The fourth-order valence-corrected chi connectivity index (χ4v) is 2.45. The van der Waals surface area contributed by atoms with Gasteiger partial charge < -0.3 is 0 Å². The van der Waals surface area contributed by atoms with Gasteiger partial charge in [0.2, 0.25) is 0 Å². The lowest BCUT2D eigenvalue weighted by molar-refractivity contribution is 0.565. The van der Waals surface area contributed by atoms with Crippen LogP contribution in [-0.4, -0.2) is 14.7 Å². The predicted octanol–water partition coefficient (Wildman–Crippen LogP) is 2.19. The Labute approximate surface area is 81.3 Å². The molecule has 0 saturated carbocycles. The first-order chi connectivity index (χ1) is 5.84. The molecule has 13 heavy (non-hydrogen) atoms. The van der Waals surface area contributed by atoms with Crippen molar-refractivity contribution in [2.24, 2.45) is 0 Å². The molecular formula is C8H8ClFO2S. The standard InChI is InChI=1S/C8H8ClFO2S/c1-5-3-4-6(9)8(7(5)10)13(2,11)12/h3-4H,1-2H3. The van der Waals surface area contributed by atoms with Crippen LogP contribution in [0.3, 0.4) is 0 Å². The summed E-state index contributed by atoms with van der Waals surface area (Å²) in [5.74, 6) is -0.769. The van der Waals surface area contributed by atoms with E-state index in [2.05, 4.69) is 0 Å². The zero-order chi connectivity index (χ0) is 10.2. The van der Waals surface area contributed by atoms with Crippen LogP contribution in [0.5, 0.6) is 0 Å². The smallest absolute Gasteiger partial charge is 0.179 e. The molecule has 0 aliphatic heterocycles. The summed E-state index contributed by atoms with van der Waals surface area (Å²) >= 11 is 5.57. The SMILES string of the molecule is Cc1ccc(Cl)c(S(C)(=O)=O)c1F. The Bertz CT molecular complexity index is 440. The van der Waals surface area contributed by atoms with E-state index in [9.17, 15) is 12.8 Å². The molecule has 0 atom stereocenters. The largest absolute Gasteiger partial charge is 0.224 e. The molecular weight excluding hydrogens is 215 g/mol. The minimum Gasteiger partial charge on any atom is -0.224 e. The molecule has 5 heteroatoms. The minimum atomic E-state index is -3.59. The highest BCUT2D eigenvalue weighted by molar-refractivity contribution is 7.90. The van der Waals surface area contributed by atoms with E-state index in [-0.39, 0.29) is 10.6 Å². The van der Waals surface area contributed by atoms with Gasteiger partial charge in [-0.3, -0.25) is 0 Å². The van der Waals surface area contributed by atoms with Crippen LogP contribution in [0.25, 0.3) is 0 Å². The van der Waals surface area contributed by atoms with Gasteiger partial charge >= 0.3 is 0 Å². The third-order valence-electron chi connectivity index (χ3n) is 1.61. The molecule has 2 nitrogen and oxygen atoms in total. The van der Waals surface area contributed by atoms with Crippen LogP contribution in [0.1, 0.15) is 5.56 Å². The summed E-state index contributed by atoms with van der Waals surface area (Å²) in [5.41, 5.74) is 0.268. The molecule has 0 bridgehead atoms. The van der Waals surface area contributed by atoms with Crippen LogP contribution >= 0.6 is 11.6 Å². The van der Waals surface area contributed by atoms with Gasteiger partial charge in [0.05, 0.1) is 5.02 Å². The summed E-state index contributed by atoms with van der Waals surface area (Å²) in [4.78, 5) is -0.422. The molecule has 0 fully saturated rings. The summed E-state index contributed by atoms with van der Waals surface area (Å²) in [6.07, 6.45) is 0.927. The van der Waals surface area contributed by atoms with Crippen molar-refractivity contribution in [1.82, 2.24) is 0 Å². The Kier molecular flexibility index (Phi) is 2.63. The molecule has 0 amide bonds. The van der Waals surface area contributed by atoms with Gasteiger partial charge in [0, 0.05) is 6.26 Å². The van der Waals surface area contributed by atoms with Crippen LogP contribution in [0, 0.1) is 12.7 Å². The van der Waals surface area contributed by atoms with Gasteiger partial charge in [0.25, 0.3) is 0 Å². The fraction of sp³-hybridized carbons (Fsp3) is 0.250. The van der Waals surface area contributed by atoms with E-state index in [1.54, 1.807) is 0 Å². The molecule has 1 rings (SSSR count). The highest BCUT2D eigenvalue weighted by atomic mass is 35.5. The molecule has 0 heterocycles. The Morgan fingerprint density at radius 1 is 1.38 bits per heavy atom. The van der Waals surface area contributed by atoms with Crippen molar-refractivity contribution in [3.8, 4) is 0 Å². The molecule has 72 valence electrons. The van der Waals surface area contributed by atoms with Crippen molar-refractivity contribution >= 4 is 21.4 Å². The summed E-state index contributed by atoms with van der Waals surface area (Å²) in [6, 6.07) is 2.81. The van der Waals surface area contributed by atoms with E-state index < -0.39 is 20.5 Å². The van der Waals surface area contributed by atoms with Crippen LogP contribution in [0.4, 0.5) is 4.39 Å². The second-order valence-corrected chi connectivity index (χ2v) is 5.14. The Morgan fingerprint density at radius 3 is 2.31 bits per heavy atom. The fourth-order valence-electron chi connectivity index (χ4n) is 0.971. The zero-order valence-corrected chi connectivity index (χ0v) is 8.71. The first-order valence-corrected chi connectivity index (χ1v) is 5.75. The lowest BCUT2D eigenvalue weighted by Crippen LogP contribution is -2.03. The van der Waals surface area contributed by atoms with Crippen molar-refractivity contribution in [2.75, 3.05) is 6.26 Å². The lowest BCUT2D eigenvalue weighted by Gasteiger charge is -2.05. The molecule has 1 aromatic rings. The third-order valence-corrected chi connectivity index (χ3v) is 3.18. The highest BCUT2D eigenvalue weighted by Crippen LogP contribution is 2.26. The molecule has 0 aliphatic rings. The van der Waals surface area contributed by atoms with E-state index in [1.165, 1.54) is 19.1 Å². The Hall–Kier alpha value is -0.610. The first kappa shape index (κ1) is 10.5. The molecule has 0 N–H and O–H groups in total. The average molecular weight is 223 g/mol. The van der Waals surface area contributed by atoms with Gasteiger partial charge in [-0.15, -0.1) is 0 Å². The number of hydrogen-bond acceptors (Lipinski definition) is 2. The van der Waals surface area contributed by atoms with Crippen molar-refractivity contribution in [1.29, 1.82) is 0 Å². The van der Waals surface area contributed by atoms with Gasteiger partial charge in [0.15, 0.2) is 9.84 Å². The normalized spacial score (nSPS) is 11.7. The third kappa shape index (κ3) is 2.00. The summed E-state index contributed by atoms with van der Waals surface area (Å²) < 4.78 is 35.5. The van der Waals surface area contributed by atoms with Crippen molar-refractivity contribution < 1.29 is 12.8 Å².